The molecule has 2 aromatic rings. The molecule has 0 saturated carbocycles. The second kappa shape index (κ2) is 9.20. The average Bonchev–Trinajstić information content (AvgIpc) is 2.92. The van der Waals surface area contributed by atoms with Gasteiger partial charge in [0.2, 0.25) is 5.91 Å². The smallest absolute Gasteiger partial charge is 0.388 e. The monoisotopic (exact) mass is 443 g/mol. The molecule has 0 radical (unpaired) electrons. The molecule has 1 aromatic carbocycles. The number of nitrogens with one attached hydrogen (secondary N) is 4. The van der Waals surface area contributed by atoms with Crippen molar-refractivity contribution in [1.29, 1.82) is 0 Å². The predicted octanol–water partition coefficient (Wildman–Crippen LogP) is 2.30. The van der Waals surface area contributed by atoms with Gasteiger partial charge in [-0.3, -0.25) is 14.7 Å². The number of anilines is 1. The number of H-pyrrole nitrogens is 1. The van der Waals surface area contributed by atoms with Gasteiger partial charge >= 0.3 is 6.09 Å². The summed E-state index contributed by atoms with van der Waals surface area (Å²) in [6.07, 6.45) is -0.758. The second-order valence-electron chi connectivity index (χ2n) is 4.95. The van der Waals surface area contributed by atoms with Crippen LogP contribution in [0.2, 0.25) is 5.02 Å². The highest BCUT2D eigenvalue weighted by Crippen LogP contribution is 2.30. The van der Waals surface area contributed by atoms with Gasteiger partial charge in [-0.2, -0.15) is 0 Å². The fourth-order valence-corrected chi connectivity index (χ4v) is 2.39. The third-order valence-corrected chi connectivity index (χ3v) is 4.06. The number of aromatic amines is 1. The number of benzene rings is 1. The largest absolute Gasteiger partial charge is 0.414 e. The zero-order chi connectivity index (χ0) is 19.1. The molecule has 0 saturated heterocycles. The highest BCUT2D eigenvalue weighted by Gasteiger charge is 2.18. The molecule has 1 heterocycles. The normalized spacial score (nSPS) is 10.1. The van der Waals surface area contributed by atoms with Crippen LogP contribution in [0, 0.1) is 0 Å². The van der Waals surface area contributed by atoms with Gasteiger partial charge in [-0.05, 0) is 28.1 Å². The maximum Gasteiger partial charge on any atom is 0.414 e. The Bertz CT molecular complexity index is 826. The first-order chi connectivity index (χ1) is 12.4. The number of nitrogens with zero attached hydrogens (tertiary/aromatic N) is 1. The highest BCUT2D eigenvalue weighted by atomic mass is 79.9. The van der Waals surface area contributed by atoms with Crippen molar-refractivity contribution in [2.24, 2.45) is 0 Å². The number of halogens is 2. The maximum absolute atomic E-state index is 12.2. The van der Waals surface area contributed by atoms with E-state index in [4.69, 9.17) is 16.3 Å². The van der Waals surface area contributed by atoms with Crippen LogP contribution in [0.1, 0.15) is 17.3 Å². The van der Waals surface area contributed by atoms with Gasteiger partial charge in [0, 0.05) is 20.0 Å². The number of carbonyl (C=O) groups excluding carboxylic acids is 3. The summed E-state index contributed by atoms with van der Waals surface area (Å²) < 4.78 is 5.27. The summed E-state index contributed by atoms with van der Waals surface area (Å²) in [5.74, 6) is -0.507. The number of ether oxygens (including phenoxy) is 1. The minimum Gasteiger partial charge on any atom is -0.388 e. The molecule has 0 bridgehead atoms. The number of carbonyl (C=O) groups is 3. The van der Waals surface area contributed by atoms with Crippen LogP contribution in [-0.4, -0.2) is 41.2 Å². The fraction of sp³-hybridized carbons (Fsp3) is 0.200. The van der Waals surface area contributed by atoms with E-state index in [9.17, 15) is 14.4 Å². The first kappa shape index (κ1) is 19.7. The Labute approximate surface area is 161 Å². The van der Waals surface area contributed by atoms with E-state index in [-0.39, 0.29) is 40.7 Å². The Kier molecular flexibility index (Phi) is 6.98. The number of rotatable bonds is 6. The second-order valence-corrected chi connectivity index (χ2v) is 6.15. The van der Waals surface area contributed by atoms with Gasteiger partial charge in [0.05, 0.1) is 10.6 Å². The van der Waals surface area contributed by atoms with Crippen molar-refractivity contribution in [2.45, 2.75) is 6.92 Å². The lowest BCUT2D eigenvalue weighted by Gasteiger charge is -2.06. The first-order valence-corrected chi connectivity index (χ1v) is 8.55. The van der Waals surface area contributed by atoms with E-state index in [1.54, 1.807) is 24.3 Å². The van der Waals surface area contributed by atoms with Crippen LogP contribution in [-0.2, 0) is 4.79 Å². The summed E-state index contributed by atoms with van der Waals surface area (Å²) in [4.78, 5) is 34.6. The number of amides is 3. The lowest BCUT2D eigenvalue weighted by molar-refractivity contribution is -0.118. The van der Waals surface area contributed by atoms with Crippen LogP contribution >= 0.6 is 27.5 Å². The minimum absolute atomic E-state index is 0.0588. The molecule has 11 heteroatoms. The van der Waals surface area contributed by atoms with Gasteiger partial charge in [0.1, 0.15) is 10.3 Å². The number of hydrogen-bond acceptors (Lipinski definition) is 5. The summed E-state index contributed by atoms with van der Waals surface area (Å²) in [5, 5.41) is 14.2. The van der Waals surface area contributed by atoms with Crippen molar-refractivity contribution in [3.05, 3.63) is 39.3 Å². The molecule has 4 N–H and O–H groups in total. The molecule has 1 aromatic heterocycles. The summed E-state index contributed by atoms with van der Waals surface area (Å²) >= 11 is 9.17. The molecule has 9 nitrogen and oxygen atoms in total. The van der Waals surface area contributed by atoms with Crippen molar-refractivity contribution in [2.75, 3.05) is 18.4 Å². The van der Waals surface area contributed by atoms with E-state index in [1.165, 1.54) is 6.92 Å². The Hall–Kier alpha value is -2.59. The SMILES string of the molecule is CC(=O)NCCNC(=O)Oc1n[nH]c(NC(=O)c2ccccc2Cl)c1Br. The van der Waals surface area contributed by atoms with Crippen LogP contribution in [0.3, 0.4) is 0 Å². The molecule has 0 aliphatic carbocycles. The van der Waals surface area contributed by atoms with Crippen molar-refractivity contribution < 1.29 is 19.1 Å². The van der Waals surface area contributed by atoms with Crippen LogP contribution in [0.15, 0.2) is 28.7 Å². The Balaban J connectivity index is 1.93. The molecule has 3 amide bonds. The lowest BCUT2D eigenvalue weighted by Crippen LogP contribution is -2.35. The third-order valence-electron chi connectivity index (χ3n) is 2.99. The van der Waals surface area contributed by atoms with Crippen LogP contribution in [0.5, 0.6) is 5.88 Å². The Morgan fingerprint density at radius 2 is 1.92 bits per heavy atom. The van der Waals surface area contributed by atoms with Gasteiger partial charge < -0.3 is 20.7 Å². The Morgan fingerprint density at radius 3 is 2.62 bits per heavy atom. The van der Waals surface area contributed by atoms with Gasteiger partial charge in [0.25, 0.3) is 11.8 Å². The summed E-state index contributed by atoms with van der Waals surface area (Å²) in [5.41, 5.74) is 0.286. The molecule has 2 rings (SSSR count). The van der Waals surface area contributed by atoms with Gasteiger partial charge in [0.15, 0.2) is 0 Å². The van der Waals surface area contributed by atoms with E-state index in [0.29, 0.717) is 5.02 Å². The zero-order valence-electron chi connectivity index (χ0n) is 13.6. The van der Waals surface area contributed by atoms with Gasteiger partial charge in [-0.15, -0.1) is 5.10 Å². The van der Waals surface area contributed by atoms with E-state index in [0.717, 1.165) is 0 Å². The summed E-state index contributed by atoms with van der Waals surface area (Å²) in [7, 11) is 0. The quantitative estimate of drug-likeness (QED) is 0.509. The zero-order valence-corrected chi connectivity index (χ0v) is 15.9. The van der Waals surface area contributed by atoms with Gasteiger partial charge in [-0.1, -0.05) is 23.7 Å². The minimum atomic E-state index is -0.758. The summed E-state index contributed by atoms with van der Waals surface area (Å²) in [6.45, 7) is 1.83. The molecule has 0 spiro atoms. The van der Waals surface area contributed by atoms with E-state index < -0.39 is 12.0 Å². The molecular formula is C15H15BrClN5O4. The van der Waals surface area contributed by atoms with E-state index >= 15 is 0 Å². The molecule has 0 aliphatic heterocycles. The van der Waals surface area contributed by atoms with Crippen LogP contribution < -0.4 is 20.7 Å². The molecule has 0 atom stereocenters. The van der Waals surface area contributed by atoms with Crippen LogP contribution in [0.4, 0.5) is 10.6 Å². The predicted molar refractivity (Wildman–Crippen MR) is 98.4 cm³/mol. The van der Waals surface area contributed by atoms with E-state index in [1.807, 2.05) is 0 Å². The van der Waals surface area contributed by atoms with Crippen molar-refractivity contribution in [1.82, 2.24) is 20.8 Å². The molecule has 0 aliphatic rings. The molecule has 138 valence electrons. The van der Waals surface area contributed by atoms with Gasteiger partial charge in [-0.25, -0.2) is 4.79 Å². The molecular weight excluding hydrogens is 430 g/mol. The molecule has 0 unspecified atom stereocenters. The summed E-state index contributed by atoms with van der Waals surface area (Å²) in [6, 6.07) is 6.56. The topological polar surface area (TPSA) is 125 Å². The fourth-order valence-electron chi connectivity index (χ4n) is 1.82. The maximum atomic E-state index is 12.2. The van der Waals surface area contributed by atoms with Crippen molar-refractivity contribution >= 4 is 51.3 Å². The highest BCUT2D eigenvalue weighted by molar-refractivity contribution is 9.10. The van der Waals surface area contributed by atoms with Crippen molar-refractivity contribution in [3.63, 3.8) is 0 Å². The third kappa shape index (κ3) is 5.46. The number of hydrogen-bond donors (Lipinski definition) is 4. The molecule has 26 heavy (non-hydrogen) atoms. The van der Waals surface area contributed by atoms with E-state index in [2.05, 4.69) is 42.1 Å². The Morgan fingerprint density at radius 1 is 1.23 bits per heavy atom. The average molecular weight is 445 g/mol. The lowest BCUT2D eigenvalue weighted by atomic mass is 10.2. The molecule has 0 fully saturated rings. The van der Waals surface area contributed by atoms with Crippen molar-refractivity contribution in [3.8, 4) is 5.88 Å². The number of aromatic nitrogens is 2. The van der Waals surface area contributed by atoms with Crippen LogP contribution in [0.25, 0.3) is 0 Å². The standard InChI is InChI=1S/C15H15BrClN5O4/c1-8(23)18-6-7-19-15(25)26-14-11(16)12(21-22-14)20-13(24)9-4-2-3-5-10(9)17/h2-5H,6-7H2,1H3,(H,18,23)(H,19,25)(H2,20,21,22,24). The first-order valence-electron chi connectivity index (χ1n) is 7.38.